The van der Waals surface area contributed by atoms with Crippen LogP contribution >= 0.6 is 15.9 Å². The summed E-state index contributed by atoms with van der Waals surface area (Å²) in [5.74, 6) is 4.55. The highest BCUT2D eigenvalue weighted by Crippen LogP contribution is 2.68. The summed E-state index contributed by atoms with van der Waals surface area (Å²) >= 11 is 3.35. The van der Waals surface area contributed by atoms with Gasteiger partial charge in [0.25, 0.3) is 23.6 Å². The number of nitriles is 2. The Morgan fingerprint density at radius 3 is 0.919 bits per heavy atom. The molecule has 136 heavy (non-hydrogen) atoms. The van der Waals surface area contributed by atoms with Crippen molar-refractivity contribution in [3.05, 3.63) is 230 Å². The lowest BCUT2D eigenvalue weighted by molar-refractivity contribution is -0.143. The Hall–Kier alpha value is -10.9. The van der Waals surface area contributed by atoms with Crippen LogP contribution in [-0.2, 0) is 47.4 Å². The number of tetrazole rings is 2. The van der Waals surface area contributed by atoms with Gasteiger partial charge in [0.1, 0.15) is 24.4 Å². The van der Waals surface area contributed by atoms with E-state index in [2.05, 4.69) is 239 Å². The molecule has 26 heteroatoms. The Kier molecular flexibility index (Phi) is 27.3. The average Bonchev–Trinajstić information content (AvgIpc) is 1.58. The number of H-pyrrole nitrogens is 2. The number of carbonyl (C=O) groups excluding carboxylic acids is 4. The van der Waals surface area contributed by atoms with Crippen LogP contribution < -0.4 is 5.46 Å². The highest BCUT2D eigenvalue weighted by Gasteiger charge is 2.60. The standard InChI is InChI=1S/2C26H29N5O2.C26H28N2O2.C24H34BNO4.C8H6BrN/c2*1-17-15-20(24-27-29-30-28-24)8-9-21(17)18-4-6-19(7-5-18)22-16-26(22)10-12-31(13-11-26)25(32)23-3-2-14-33-23;1-18-15-19(17-27)4-9-22(18)20-5-7-21(8-6-20)23-16-26(23)10-12-28(13-11-26)25(29)24-3-2-14-30-24;1-22(2)23(3,4)30-25(29-22)18-9-7-17(8-10-18)19-16-24(19)11-13-26(14-12-24)21(27)20-6-5-15-28-20;1-6-4-7(5-10)2-3-8(6)9/h2*4-9,15,22-23H,2-3,10-14,16H2,1H3,(H,27,28,29,30);4-9,15,23-24H,2-3,10-14,16H2,1H3;7-10,19-20H,5-6,11-16H2,1-4H3;2-4H,1H3/t22-,23+;22-,23-;23?,24-;19?,20-;/m0111./s1. The molecule has 0 radical (unpaired) electrons. The summed E-state index contributed by atoms with van der Waals surface area (Å²) in [6.07, 6.45) is 20.6. The van der Waals surface area contributed by atoms with E-state index >= 15 is 0 Å². The van der Waals surface area contributed by atoms with Gasteiger partial charge in [0, 0.05) is 94.4 Å². The molecule has 13 aliphatic rings. The molecule has 4 aliphatic carbocycles. The van der Waals surface area contributed by atoms with E-state index in [0.29, 0.717) is 68.1 Å². The Morgan fingerprint density at radius 2 is 0.654 bits per heavy atom. The Morgan fingerprint density at radius 1 is 0.375 bits per heavy atom. The van der Waals surface area contributed by atoms with Gasteiger partial charge in [0.2, 0.25) is 11.6 Å². The number of halogens is 1. The van der Waals surface area contributed by atoms with Gasteiger partial charge in [0.15, 0.2) is 0 Å². The summed E-state index contributed by atoms with van der Waals surface area (Å²) in [4.78, 5) is 58.7. The van der Waals surface area contributed by atoms with Gasteiger partial charge >= 0.3 is 7.12 Å². The van der Waals surface area contributed by atoms with Crippen molar-refractivity contribution in [1.29, 1.82) is 10.5 Å². The number of aromatic amines is 2. The summed E-state index contributed by atoms with van der Waals surface area (Å²) in [6.45, 7) is 26.5. The van der Waals surface area contributed by atoms with Crippen molar-refractivity contribution in [1.82, 2.24) is 60.8 Å². The number of carbonyl (C=O) groups is 4. The number of amides is 4. The van der Waals surface area contributed by atoms with Gasteiger partial charge < -0.3 is 47.9 Å². The second kappa shape index (κ2) is 39.5. The van der Waals surface area contributed by atoms with Crippen molar-refractivity contribution >= 4 is 52.1 Å². The molecule has 23 rings (SSSR count). The third-order valence-electron chi connectivity index (χ3n) is 32.9. The third-order valence-corrected chi connectivity index (χ3v) is 33.8. The van der Waals surface area contributed by atoms with Crippen LogP contribution in [0.2, 0.25) is 0 Å². The van der Waals surface area contributed by atoms with Crippen molar-refractivity contribution in [2.24, 2.45) is 21.7 Å². The van der Waals surface area contributed by atoms with E-state index < -0.39 is 0 Å². The first kappa shape index (κ1) is 94.1. The molecule has 11 heterocycles. The molecule has 2 aromatic heterocycles. The van der Waals surface area contributed by atoms with E-state index in [0.717, 1.165) is 214 Å². The minimum Gasteiger partial charge on any atom is -0.399 e. The van der Waals surface area contributed by atoms with Gasteiger partial charge in [-0.25, -0.2) is 0 Å². The molecule has 4 amide bonds. The fourth-order valence-corrected chi connectivity index (χ4v) is 23.5. The van der Waals surface area contributed by atoms with Gasteiger partial charge in [-0.2, -0.15) is 21.0 Å². The molecule has 13 fully saturated rings. The van der Waals surface area contributed by atoms with E-state index in [-0.39, 0.29) is 66.4 Å². The fourth-order valence-electron chi connectivity index (χ4n) is 23.2. The SMILES string of the molecule is CC1(C)OB(c2ccc(C3CC34CCN(C(=O)[C@H]3CCCO3)CC4)cc2)OC1(C)C.Cc1cc(-c2nn[nH]n2)ccc1-c1ccc([C@@H]2CC23CCN(C(=O)[C@H]2CCCO2)CC3)cc1.Cc1cc(-c2nn[nH]n2)ccc1-c1ccc([C@H]2CC23CCN(C(=O)[C@H]2CCCO2)CC3)cc1.Cc1cc(C#N)ccc1-c1ccc(C2CC23CCN(C(=O)[C@H]2CCCO2)CC3)cc1.Cc1cc(C#N)ccc1Br. The van der Waals surface area contributed by atoms with Crippen LogP contribution in [0.15, 0.2) is 174 Å². The number of nitrogens with one attached hydrogen (secondary N) is 2. The highest BCUT2D eigenvalue weighted by molar-refractivity contribution is 9.10. The number of hydrogen-bond acceptors (Lipinski definition) is 18. The van der Waals surface area contributed by atoms with E-state index in [1.807, 2.05) is 69.0 Å². The number of nitrogens with zero attached hydrogens (tertiary/aromatic N) is 12. The van der Waals surface area contributed by atoms with Gasteiger partial charge in [-0.3, -0.25) is 19.2 Å². The van der Waals surface area contributed by atoms with Crippen LogP contribution in [0.1, 0.15) is 235 Å². The second-order valence-corrected chi connectivity index (χ2v) is 42.5. The van der Waals surface area contributed by atoms with E-state index in [9.17, 15) is 19.2 Å². The molecular formula is C110H126BBrN14O10. The molecule has 8 atom stereocenters. The fraction of sp³-hybridized carbons (Fsp3) is 0.491. The van der Waals surface area contributed by atoms with E-state index in [1.165, 1.54) is 92.4 Å². The zero-order chi connectivity index (χ0) is 94.3. The molecule has 4 spiro atoms. The van der Waals surface area contributed by atoms with Gasteiger partial charge in [-0.1, -0.05) is 143 Å². The minimum atomic E-state index is -0.314. The van der Waals surface area contributed by atoms with Crippen molar-refractivity contribution in [2.75, 3.05) is 78.8 Å². The van der Waals surface area contributed by atoms with Crippen LogP contribution in [-0.4, -0.2) is 206 Å². The summed E-state index contributed by atoms with van der Waals surface area (Å²) < 4.78 is 35.8. The molecule has 24 nitrogen and oxygen atoms in total. The van der Waals surface area contributed by atoms with Crippen molar-refractivity contribution in [3.63, 3.8) is 0 Å². The van der Waals surface area contributed by atoms with Gasteiger partial charge in [0.05, 0.1) is 34.5 Å². The van der Waals surface area contributed by atoms with Gasteiger partial charge in [-0.05, 0) is 365 Å². The molecule has 2 unspecified atom stereocenters. The minimum absolute atomic E-state index is 0.184. The first-order chi connectivity index (χ1) is 65.8. The van der Waals surface area contributed by atoms with Crippen LogP contribution in [0.4, 0.5) is 0 Å². The first-order valence-electron chi connectivity index (χ1n) is 49.5. The summed E-state index contributed by atoms with van der Waals surface area (Å²) in [5, 5.41) is 46.1. The topological polar surface area (TPSA) is 293 Å². The van der Waals surface area contributed by atoms with Crippen LogP contribution in [0, 0.1) is 72.0 Å². The van der Waals surface area contributed by atoms with Crippen molar-refractivity contribution in [2.45, 2.75) is 243 Å². The number of aryl methyl sites for hydroxylation is 4. The molecule has 0 bridgehead atoms. The number of ether oxygens (including phenoxy) is 4. The largest absolute Gasteiger partial charge is 0.494 e. The number of likely N-dealkylation sites (tertiary alicyclic amines) is 4. The smallest absolute Gasteiger partial charge is 0.399 e. The lowest BCUT2D eigenvalue weighted by Crippen LogP contribution is -2.44. The summed E-state index contributed by atoms with van der Waals surface area (Å²) in [6, 6.07) is 64.2. The molecule has 9 aliphatic heterocycles. The number of hydrogen-bond donors (Lipinski definition) is 2. The lowest BCUT2D eigenvalue weighted by Gasteiger charge is -2.34. The Labute approximate surface area is 807 Å². The second-order valence-electron chi connectivity index (χ2n) is 41.7. The molecule has 8 aromatic carbocycles. The number of benzene rings is 8. The Balaban J connectivity index is 0.000000112. The highest BCUT2D eigenvalue weighted by atomic mass is 79.9. The number of piperidine rings is 4. The normalized spacial score (nSPS) is 24.5. The molecule has 706 valence electrons. The average molecular weight is 1900 g/mol. The zero-order valence-corrected chi connectivity index (χ0v) is 81.4. The van der Waals surface area contributed by atoms with Crippen molar-refractivity contribution in [3.8, 4) is 68.3 Å². The first-order valence-corrected chi connectivity index (χ1v) is 50.3. The molecule has 10 aromatic rings. The molecule has 2 N–H and O–H groups in total. The molecule has 4 saturated carbocycles. The van der Waals surface area contributed by atoms with E-state index in [1.54, 1.807) is 6.07 Å². The molecular weight excluding hydrogens is 1770 g/mol. The zero-order valence-electron chi connectivity index (χ0n) is 79.8. The number of aromatic nitrogens is 8. The maximum atomic E-state index is 12.7. The maximum Gasteiger partial charge on any atom is 0.494 e. The predicted octanol–water partition coefficient (Wildman–Crippen LogP) is 18.9. The van der Waals surface area contributed by atoms with Crippen LogP contribution in [0.3, 0.4) is 0 Å². The summed E-state index contributed by atoms with van der Waals surface area (Å²) in [5.41, 5.74) is 22.9. The van der Waals surface area contributed by atoms with Crippen LogP contribution in [0.25, 0.3) is 56.2 Å². The summed E-state index contributed by atoms with van der Waals surface area (Å²) in [7, 11) is -0.302. The van der Waals surface area contributed by atoms with Gasteiger partial charge in [-0.15, -0.1) is 20.4 Å². The quantitative estimate of drug-likeness (QED) is 0.0956. The monoisotopic (exact) mass is 1890 g/mol. The lowest BCUT2D eigenvalue weighted by atomic mass is 9.78. The molecule has 9 saturated heterocycles. The predicted molar refractivity (Wildman–Crippen MR) is 525 cm³/mol. The van der Waals surface area contributed by atoms with E-state index in [4.69, 9.17) is 38.8 Å². The maximum absolute atomic E-state index is 12.7. The number of rotatable bonds is 14. The Bertz CT molecular complexity index is 5830. The van der Waals surface area contributed by atoms with Crippen LogP contribution in [0.5, 0.6) is 0 Å². The third kappa shape index (κ3) is 20.1. The van der Waals surface area contributed by atoms with Crippen molar-refractivity contribution < 1.29 is 47.4 Å².